The van der Waals surface area contributed by atoms with Gasteiger partial charge in [-0.15, -0.1) is 0 Å². The molecule has 1 heterocycles. The van der Waals surface area contributed by atoms with E-state index in [-0.39, 0.29) is 12.5 Å². The van der Waals surface area contributed by atoms with E-state index in [1.165, 1.54) is 19.3 Å². The minimum absolute atomic E-state index is 0.0393. The van der Waals surface area contributed by atoms with Crippen molar-refractivity contribution >= 4 is 12.0 Å². The zero-order chi connectivity index (χ0) is 14.1. The van der Waals surface area contributed by atoms with Gasteiger partial charge >= 0.3 is 12.0 Å². The van der Waals surface area contributed by atoms with Gasteiger partial charge in [0, 0.05) is 26.1 Å². The second-order valence-corrected chi connectivity index (χ2v) is 5.30. The summed E-state index contributed by atoms with van der Waals surface area (Å²) in [6.07, 6.45) is 6.46. The Kier molecular flexibility index (Phi) is 7.30. The zero-order valence-corrected chi connectivity index (χ0v) is 11.9. The van der Waals surface area contributed by atoms with Gasteiger partial charge in [-0.1, -0.05) is 19.8 Å². The van der Waals surface area contributed by atoms with Crippen molar-refractivity contribution in [2.24, 2.45) is 5.92 Å². The first-order chi connectivity index (χ1) is 9.13. The van der Waals surface area contributed by atoms with Crippen LogP contribution in [0.15, 0.2) is 0 Å². The van der Waals surface area contributed by atoms with Crippen LogP contribution in [0.1, 0.15) is 51.9 Å². The number of carboxylic acids is 1. The maximum atomic E-state index is 11.9. The lowest BCUT2D eigenvalue weighted by atomic mass is 9.96. The Morgan fingerprint density at radius 2 is 2.11 bits per heavy atom. The number of aliphatic carboxylic acids is 1. The zero-order valence-electron chi connectivity index (χ0n) is 11.9. The highest BCUT2D eigenvalue weighted by Gasteiger charge is 2.19. The average molecular weight is 270 g/mol. The molecule has 110 valence electrons. The second-order valence-electron chi connectivity index (χ2n) is 5.30. The molecule has 2 N–H and O–H groups in total. The molecule has 0 bridgehead atoms. The van der Waals surface area contributed by atoms with E-state index in [0.717, 1.165) is 31.8 Å². The lowest BCUT2D eigenvalue weighted by Crippen LogP contribution is -2.41. The van der Waals surface area contributed by atoms with Crippen molar-refractivity contribution in [1.29, 1.82) is 0 Å². The highest BCUT2D eigenvalue weighted by atomic mass is 16.4. The van der Waals surface area contributed by atoms with Crippen LogP contribution < -0.4 is 5.32 Å². The first-order valence-electron chi connectivity index (χ1n) is 7.38. The molecule has 1 saturated heterocycles. The Hall–Kier alpha value is -1.26. The van der Waals surface area contributed by atoms with Crippen LogP contribution in [0.5, 0.6) is 0 Å². The van der Waals surface area contributed by atoms with Gasteiger partial charge in [0.15, 0.2) is 0 Å². The minimum atomic E-state index is -0.813. The van der Waals surface area contributed by atoms with Crippen LogP contribution in [0.3, 0.4) is 0 Å². The number of carbonyl (C=O) groups is 2. The molecule has 0 aromatic heterocycles. The molecule has 2 amide bonds. The van der Waals surface area contributed by atoms with Gasteiger partial charge < -0.3 is 15.3 Å². The summed E-state index contributed by atoms with van der Waals surface area (Å²) in [5.41, 5.74) is 0. The van der Waals surface area contributed by atoms with Gasteiger partial charge in [0.2, 0.25) is 0 Å². The molecule has 1 aliphatic heterocycles. The van der Waals surface area contributed by atoms with E-state index in [1.54, 1.807) is 0 Å². The van der Waals surface area contributed by atoms with Gasteiger partial charge in [-0.3, -0.25) is 4.79 Å². The number of urea groups is 1. The number of carbonyl (C=O) groups excluding carboxylic acids is 1. The molecule has 0 aromatic rings. The molecular formula is C14H26N2O3. The van der Waals surface area contributed by atoms with Gasteiger partial charge in [-0.2, -0.15) is 0 Å². The lowest BCUT2D eigenvalue weighted by molar-refractivity contribution is -0.137. The lowest BCUT2D eigenvalue weighted by Gasteiger charge is -2.21. The van der Waals surface area contributed by atoms with E-state index in [2.05, 4.69) is 12.2 Å². The molecule has 19 heavy (non-hydrogen) atoms. The fourth-order valence-corrected chi connectivity index (χ4v) is 2.61. The summed E-state index contributed by atoms with van der Waals surface area (Å²) in [5, 5.41) is 11.3. The Labute approximate surface area is 115 Å². The molecule has 1 rings (SSSR count). The fourth-order valence-electron chi connectivity index (χ4n) is 2.61. The number of hydrogen-bond donors (Lipinski definition) is 2. The molecule has 0 aromatic carbocycles. The molecule has 5 nitrogen and oxygen atoms in total. The standard InChI is InChI=1S/C14H26N2O3/c1-2-5-12-6-4-10-16(11-8-12)14(19)15-9-3-7-13(17)18/h12H,2-11H2,1H3,(H,15,19)(H,17,18). The third-order valence-electron chi connectivity index (χ3n) is 3.68. The molecule has 0 aliphatic carbocycles. The summed E-state index contributed by atoms with van der Waals surface area (Å²) in [6.45, 7) is 4.30. The largest absolute Gasteiger partial charge is 0.481 e. The Morgan fingerprint density at radius 1 is 1.32 bits per heavy atom. The highest BCUT2D eigenvalue weighted by Crippen LogP contribution is 2.21. The molecule has 5 heteroatoms. The minimum Gasteiger partial charge on any atom is -0.481 e. The molecule has 1 aliphatic rings. The van der Waals surface area contributed by atoms with Crippen molar-refractivity contribution in [3.63, 3.8) is 0 Å². The van der Waals surface area contributed by atoms with Crippen LogP contribution in [-0.2, 0) is 4.79 Å². The molecular weight excluding hydrogens is 244 g/mol. The smallest absolute Gasteiger partial charge is 0.317 e. The van der Waals surface area contributed by atoms with E-state index in [9.17, 15) is 9.59 Å². The van der Waals surface area contributed by atoms with Crippen molar-refractivity contribution < 1.29 is 14.7 Å². The van der Waals surface area contributed by atoms with Gasteiger partial charge in [-0.05, 0) is 31.6 Å². The fraction of sp³-hybridized carbons (Fsp3) is 0.857. The van der Waals surface area contributed by atoms with Gasteiger partial charge in [0.05, 0.1) is 0 Å². The molecule has 1 atom stereocenters. The Bertz CT molecular complexity index is 294. The maximum absolute atomic E-state index is 11.9. The van der Waals surface area contributed by atoms with Crippen LogP contribution in [0, 0.1) is 5.92 Å². The summed E-state index contributed by atoms with van der Waals surface area (Å²) in [4.78, 5) is 24.2. The highest BCUT2D eigenvalue weighted by molar-refractivity contribution is 5.74. The Balaban J connectivity index is 2.23. The van der Waals surface area contributed by atoms with Crippen molar-refractivity contribution in [2.45, 2.75) is 51.9 Å². The Morgan fingerprint density at radius 3 is 2.79 bits per heavy atom. The quantitative estimate of drug-likeness (QED) is 0.728. The van der Waals surface area contributed by atoms with Crippen molar-refractivity contribution in [1.82, 2.24) is 10.2 Å². The van der Waals surface area contributed by atoms with E-state index in [1.807, 2.05) is 4.90 Å². The first-order valence-corrected chi connectivity index (χ1v) is 7.38. The van der Waals surface area contributed by atoms with Gasteiger partial charge in [0.25, 0.3) is 0 Å². The monoisotopic (exact) mass is 270 g/mol. The number of carboxylic acid groups (broad SMARTS) is 1. The third-order valence-corrected chi connectivity index (χ3v) is 3.68. The van der Waals surface area contributed by atoms with Gasteiger partial charge in [-0.25, -0.2) is 4.79 Å². The topological polar surface area (TPSA) is 69.6 Å². The number of rotatable bonds is 6. The number of likely N-dealkylation sites (tertiary alicyclic amines) is 1. The molecule has 0 spiro atoms. The van der Waals surface area contributed by atoms with Crippen molar-refractivity contribution in [3.8, 4) is 0 Å². The summed E-state index contributed by atoms with van der Waals surface area (Å²) < 4.78 is 0. The molecule has 1 fully saturated rings. The van der Waals surface area contributed by atoms with Crippen LogP contribution in [-0.4, -0.2) is 41.6 Å². The van der Waals surface area contributed by atoms with Crippen molar-refractivity contribution in [2.75, 3.05) is 19.6 Å². The average Bonchev–Trinajstić information content (AvgIpc) is 2.60. The maximum Gasteiger partial charge on any atom is 0.317 e. The van der Waals surface area contributed by atoms with Crippen LogP contribution in [0.25, 0.3) is 0 Å². The molecule has 0 saturated carbocycles. The van der Waals surface area contributed by atoms with Gasteiger partial charge in [0.1, 0.15) is 0 Å². The van der Waals surface area contributed by atoms with E-state index in [4.69, 9.17) is 5.11 Å². The van der Waals surface area contributed by atoms with E-state index in [0.29, 0.717) is 13.0 Å². The van der Waals surface area contributed by atoms with Crippen molar-refractivity contribution in [3.05, 3.63) is 0 Å². The predicted octanol–water partition coefficient (Wildman–Crippen LogP) is 2.46. The summed E-state index contributed by atoms with van der Waals surface area (Å²) in [5.74, 6) is -0.0544. The number of hydrogen-bond acceptors (Lipinski definition) is 2. The van der Waals surface area contributed by atoms with Crippen LogP contribution in [0.2, 0.25) is 0 Å². The number of amides is 2. The molecule has 0 radical (unpaired) electrons. The predicted molar refractivity (Wildman–Crippen MR) is 74.1 cm³/mol. The first kappa shape index (κ1) is 15.8. The number of nitrogens with one attached hydrogen (secondary N) is 1. The second kappa shape index (κ2) is 8.77. The summed E-state index contributed by atoms with van der Waals surface area (Å²) in [6, 6.07) is -0.0393. The summed E-state index contributed by atoms with van der Waals surface area (Å²) >= 11 is 0. The summed E-state index contributed by atoms with van der Waals surface area (Å²) in [7, 11) is 0. The van der Waals surface area contributed by atoms with Crippen LogP contribution in [0.4, 0.5) is 4.79 Å². The SMILES string of the molecule is CCCC1CCCN(C(=O)NCCCC(=O)O)CC1. The van der Waals surface area contributed by atoms with E-state index >= 15 is 0 Å². The third kappa shape index (κ3) is 6.45. The van der Waals surface area contributed by atoms with E-state index < -0.39 is 5.97 Å². The van der Waals surface area contributed by atoms with Crippen LogP contribution >= 0.6 is 0 Å². The number of nitrogens with zero attached hydrogens (tertiary/aromatic N) is 1. The normalized spacial score (nSPS) is 19.8. The molecule has 1 unspecified atom stereocenters.